The summed E-state index contributed by atoms with van der Waals surface area (Å²) < 4.78 is 0. The van der Waals surface area contributed by atoms with Crippen LogP contribution in [0.25, 0.3) is 0 Å². The highest BCUT2D eigenvalue weighted by Gasteiger charge is 2.29. The summed E-state index contributed by atoms with van der Waals surface area (Å²) in [6.45, 7) is 3.64. The van der Waals surface area contributed by atoms with Crippen molar-refractivity contribution < 1.29 is 9.59 Å². The molecule has 210 valence electrons. The average molecular weight is 561 g/mol. The van der Waals surface area contributed by atoms with E-state index in [1.165, 1.54) is 5.56 Å². The third-order valence-electron chi connectivity index (χ3n) is 8.02. The minimum Gasteiger partial charge on any atom is -0.356 e. The van der Waals surface area contributed by atoms with Crippen LogP contribution >= 0.6 is 11.6 Å². The summed E-state index contributed by atoms with van der Waals surface area (Å²) in [6, 6.07) is 15.0. The van der Waals surface area contributed by atoms with Gasteiger partial charge in [-0.25, -0.2) is 4.98 Å². The standard InChI is InChI=1S/C31H37ClN6O2/c1-20-18-28(35-31(33-20)36(2)3)38-16-14-23(15-17-38)37(4)30(40)22-13-12-21-8-7-11-27(25(21)19-22)34-29(39)24-9-5-6-10-26(24)32/h5-6,9-10,12-13,18-19,23,27H,7-8,11,14-17H2,1-4H3,(H,34,39)/t27-/m1/s1. The Labute approximate surface area is 241 Å². The topological polar surface area (TPSA) is 81.7 Å². The third kappa shape index (κ3) is 5.92. The Morgan fingerprint density at radius 1 is 1.00 bits per heavy atom. The van der Waals surface area contributed by atoms with Crippen molar-refractivity contribution in [2.45, 2.75) is 51.1 Å². The summed E-state index contributed by atoms with van der Waals surface area (Å²) >= 11 is 6.26. The fourth-order valence-electron chi connectivity index (χ4n) is 5.71. The van der Waals surface area contributed by atoms with E-state index in [4.69, 9.17) is 16.6 Å². The van der Waals surface area contributed by atoms with Crippen molar-refractivity contribution in [2.75, 3.05) is 44.0 Å². The highest BCUT2D eigenvalue weighted by atomic mass is 35.5. The molecule has 0 saturated carbocycles. The van der Waals surface area contributed by atoms with Crippen LogP contribution in [-0.4, -0.2) is 67.0 Å². The predicted octanol–water partition coefficient (Wildman–Crippen LogP) is 5.05. The molecule has 0 unspecified atom stereocenters. The first-order valence-electron chi connectivity index (χ1n) is 13.9. The number of rotatable bonds is 6. The number of nitrogens with zero attached hydrogens (tertiary/aromatic N) is 5. The van der Waals surface area contributed by atoms with E-state index < -0.39 is 0 Å². The maximum absolute atomic E-state index is 13.6. The molecule has 2 heterocycles. The number of carbonyl (C=O) groups excluding carboxylic acids is 2. The van der Waals surface area contributed by atoms with Crippen LogP contribution in [0.5, 0.6) is 0 Å². The van der Waals surface area contributed by atoms with Crippen molar-refractivity contribution in [1.82, 2.24) is 20.2 Å². The maximum Gasteiger partial charge on any atom is 0.253 e. The van der Waals surface area contributed by atoms with Crippen molar-refractivity contribution in [1.29, 1.82) is 0 Å². The van der Waals surface area contributed by atoms with Gasteiger partial charge in [0.2, 0.25) is 5.95 Å². The van der Waals surface area contributed by atoms with Gasteiger partial charge in [-0.15, -0.1) is 0 Å². The Morgan fingerprint density at radius 3 is 2.48 bits per heavy atom. The number of hydrogen-bond donors (Lipinski definition) is 1. The first-order valence-corrected chi connectivity index (χ1v) is 14.3. The molecule has 0 radical (unpaired) electrons. The fourth-order valence-corrected chi connectivity index (χ4v) is 5.94. The van der Waals surface area contributed by atoms with Crippen LogP contribution in [-0.2, 0) is 6.42 Å². The molecule has 9 heteroatoms. The molecule has 8 nitrogen and oxygen atoms in total. The number of halogens is 1. The lowest BCUT2D eigenvalue weighted by atomic mass is 9.86. The monoisotopic (exact) mass is 560 g/mol. The van der Waals surface area contributed by atoms with E-state index in [1.54, 1.807) is 12.1 Å². The molecule has 2 aliphatic rings. The van der Waals surface area contributed by atoms with E-state index in [0.29, 0.717) is 22.1 Å². The Kier molecular flexibility index (Phi) is 8.26. The van der Waals surface area contributed by atoms with Gasteiger partial charge >= 0.3 is 0 Å². The lowest BCUT2D eigenvalue weighted by Crippen LogP contribution is -2.46. The largest absolute Gasteiger partial charge is 0.356 e. The zero-order chi connectivity index (χ0) is 28.4. The zero-order valence-corrected chi connectivity index (χ0v) is 24.4. The summed E-state index contributed by atoms with van der Waals surface area (Å²) in [5, 5.41) is 3.59. The number of nitrogens with one attached hydrogen (secondary N) is 1. The molecule has 0 bridgehead atoms. The van der Waals surface area contributed by atoms with Crippen LogP contribution in [0.4, 0.5) is 11.8 Å². The minimum absolute atomic E-state index is 0.00998. The molecule has 2 amide bonds. The lowest BCUT2D eigenvalue weighted by Gasteiger charge is -2.37. The Morgan fingerprint density at radius 2 is 1.75 bits per heavy atom. The number of carbonyl (C=O) groups is 2. The first-order chi connectivity index (χ1) is 19.2. The van der Waals surface area contributed by atoms with Gasteiger partial charge in [0.05, 0.1) is 16.6 Å². The molecule has 3 aromatic rings. The quantitative estimate of drug-likeness (QED) is 0.454. The van der Waals surface area contributed by atoms with Crippen LogP contribution in [0, 0.1) is 6.92 Å². The second kappa shape index (κ2) is 11.8. The Bertz CT molecular complexity index is 1400. The average Bonchev–Trinajstić information content (AvgIpc) is 2.96. The second-order valence-electron chi connectivity index (χ2n) is 11.0. The molecule has 1 fully saturated rings. The van der Waals surface area contributed by atoms with Gasteiger partial charge in [0.25, 0.3) is 11.8 Å². The lowest BCUT2D eigenvalue weighted by molar-refractivity contribution is 0.0709. The van der Waals surface area contributed by atoms with Gasteiger partial charge < -0.3 is 20.0 Å². The summed E-state index contributed by atoms with van der Waals surface area (Å²) in [5.74, 6) is 1.46. The molecular formula is C31H37ClN6O2. The van der Waals surface area contributed by atoms with E-state index in [1.807, 2.05) is 74.3 Å². The number of fused-ring (bicyclic) bond motifs is 1. The van der Waals surface area contributed by atoms with E-state index >= 15 is 0 Å². The molecule has 40 heavy (non-hydrogen) atoms. The number of hydrogen-bond acceptors (Lipinski definition) is 6. The van der Waals surface area contributed by atoms with Crippen LogP contribution in [0.3, 0.4) is 0 Å². The number of aryl methyl sites for hydroxylation is 2. The van der Waals surface area contributed by atoms with Gasteiger partial charge in [-0.2, -0.15) is 4.98 Å². The predicted molar refractivity (Wildman–Crippen MR) is 159 cm³/mol. The molecule has 2 aromatic carbocycles. The van der Waals surface area contributed by atoms with Crippen molar-refractivity contribution >= 4 is 35.2 Å². The summed E-state index contributed by atoms with van der Waals surface area (Å²) in [6.07, 6.45) is 4.48. The first kappa shape index (κ1) is 27.9. The molecule has 1 aliphatic carbocycles. The second-order valence-corrected chi connectivity index (χ2v) is 11.4. The minimum atomic E-state index is -0.194. The van der Waals surface area contributed by atoms with Gasteiger partial charge in [0, 0.05) is 57.6 Å². The van der Waals surface area contributed by atoms with E-state index in [9.17, 15) is 9.59 Å². The summed E-state index contributed by atoms with van der Waals surface area (Å²) in [4.78, 5) is 41.9. The molecule has 0 spiro atoms. The summed E-state index contributed by atoms with van der Waals surface area (Å²) in [7, 11) is 5.79. The number of amides is 2. The van der Waals surface area contributed by atoms with Gasteiger partial charge in [-0.1, -0.05) is 29.8 Å². The molecular weight excluding hydrogens is 524 g/mol. The molecule has 1 aromatic heterocycles. The highest BCUT2D eigenvalue weighted by Crippen LogP contribution is 2.32. The van der Waals surface area contributed by atoms with Crippen LogP contribution in [0.15, 0.2) is 48.5 Å². The number of aromatic nitrogens is 2. The highest BCUT2D eigenvalue weighted by molar-refractivity contribution is 6.33. The zero-order valence-electron chi connectivity index (χ0n) is 23.7. The van der Waals surface area contributed by atoms with Crippen molar-refractivity contribution in [3.05, 3.63) is 81.5 Å². The van der Waals surface area contributed by atoms with E-state index in [0.717, 1.165) is 62.3 Å². The third-order valence-corrected chi connectivity index (χ3v) is 8.35. The molecule has 1 N–H and O–H groups in total. The Hall–Kier alpha value is -3.65. The van der Waals surface area contributed by atoms with Gasteiger partial charge in [-0.3, -0.25) is 9.59 Å². The number of anilines is 2. The van der Waals surface area contributed by atoms with Gasteiger partial charge in [0.1, 0.15) is 5.82 Å². The normalized spacial score (nSPS) is 17.2. The van der Waals surface area contributed by atoms with E-state index in [-0.39, 0.29) is 23.9 Å². The molecule has 1 atom stereocenters. The Balaban J connectivity index is 1.26. The molecule has 1 aliphatic heterocycles. The number of piperidine rings is 1. The van der Waals surface area contributed by atoms with Crippen molar-refractivity contribution in [3.63, 3.8) is 0 Å². The van der Waals surface area contributed by atoms with Gasteiger partial charge in [-0.05, 0) is 74.4 Å². The molecule has 1 saturated heterocycles. The molecule has 5 rings (SSSR count). The fraction of sp³-hybridized carbons (Fsp3) is 0.419. The SMILES string of the molecule is Cc1cc(N2CCC(N(C)C(=O)c3ccc4c(c3)[C@H](NC(=O)c3ccccc3Cl)CCC4)CC2)nc(N(C)C)n1. The maximum atomic E-state index is 13.6. The smallest absolute Gasteiger partial charge is 0.253 e. The van der Waals surface area contributed by atoms with Crippen LogP contribution in [0.2, 0.25) is 5.02 Å². The van der Waals surface area contributed by atoms with Crippen LogP contribution in [0.1, 0.15) is 69.3 Å². The van der Waals surface area contributed by atoms with E-state index in [2.05, 4.69) is 15.2 Å². The summed E-state index contributed by atoms with van der Waals surface area (Å²) in [5.41, 5.74) is 4.27. The van der Waals surface area contributed by atoms with Crippen LogP contribution < -0.4 is 15.1 Å². The number of benzene rings is 2. The van der Waals surface area contributed by atoms with Crippen molar-refractivity contribution in [2.24, 2.45) is 0 Å². The van der Waals surface area contributed by atoms with Gasteiger partial charge in [0.15, 0.2) is 0 Å². The van der Waals surface area contributed by atoms with Crippen molar-refractivity contribution in [3.8, 4) is 0 Å².